The molecule has 0 saturated heterocycles. The van der Waals surface area contributed by atoms with Crippen molar-refractivity contribution in [2.45, 2.75) is 11.3 Å². The highest BCUT2D eigenvalue weighted by Crippen LogP contribution is 2.27. The van der Waals surface area contributed by atoms with E-state index in [-0.39, 0.29) is 5.56 Å². The van der Waals surface area contributed by atoms with Crippen molar-refractivity contribution >= 4 is 27.7 Å². The molecule has 0 fully saturated rings. The standard InChI is InChI=1S/C11H9BrN2OS/c12-7-1-3-8(4-2-7)14-11(15)10-9(13-14)5-6-16-10/h1-4,13H,5-6H2. The van der Waals surface area contributed by atoms with E-state index in [2.05, 4.69) is 21.0 Å². The number of nitrogens with zero attached hydrogens (tertiary/aromatic N) is 1. The lowest BCUT2D eigenvalue weighted by molar-refractivity contribution is 0.820. The molecule has 2 heterocycles. The maximum absolute atomic E-state index is 12.0. The molecule has 3 rings (SSSR count). The van der Waals surface area contributed by atoms with E-state index in [1.165, 1.54) is 0 Å². The van der Waals surface area contributed by atoms with Gasteiger partial charge in [-0.3, -0.25) is 9.89 Å². The number of aryl methyl sites for hydroxylation is 1. The van der Waals surface area contributed by atoms with E-state index >= 15 is 0 Å². The molecule has 0 unspecified atom stereocenters. The van der Waals surface area contributed by atoms with E-state index in [1.54, 1.807) is 16.4 Å². The average molecular weight is 297 g/mol. The van der Waals surface area contributed by atoms with Crippen molar-refractivity contribution in [3.05, 3.63) is 44.8 Å². The molecule has 0 spiro atoms. The van der Waals surface area contributed by atoms with Crippen molar-refractivity contribution in [1.29, 1.82) is 0 Å². The zero-order valence-corrected chi connectivity index (χ0v) is 10.8. The molecule has 0 saturated carbocycles. The third-order valence-electron chi connectivity index (χ3n) is 2.60. The third kappa shape index (κ3) is 1.55. The molecule has 1 aromatic heterocycles. The highest BCUT2D eigenvalue weighted by Gasteiger charge is 2.20. The number of hydrogen-bond donors (Lipinski definition) is 1. The van der Waals surface area contributed by atoms with E-state index in [0.717, 1.165) is 32.9 Å². The summed E-state index contributed by atoms with van der Waals surface area (Å²) >= 11 is 5.02. The Hall–Kier alpha value is -0.940. The van der Waals surface area contributed by atoms with Gasteiger partial charge in [0.2, 0.25) is 0 Å². The van der Waals surface area contributed by atoms with Gasteiger partial charge in [0.05, 0.1) is 16.3 Å². The minimum absolute atomic E-state index is 0.0693. The van der Waals surface area contributed by atoms with Crippen LogP contribution in [0.5, 0.6) is 0 Å². The van der Waals surface area contributed by atoms with Crippen molar-refractivity contribution in [1.82, 2.24) is 9.78 Å². The largest absolute Gasteiger partial charge is 0.294 e. The summed E-state index contributed by atoms with van der Waals surface area (Å²) in [6.45, 7) is 0. The van der Waals surface area contributed by atoms with Gasteiger partial charge in [0.25, 0.3) is 5.56 Å². The first-order valence-corrected chi connectivity index (χ1v) is 6.76. The van der Waals surface area contributed by atoms with Gasteiger partial charge in [0.1, 0.15) is 0 Å². The first kappa shape index (κ1) is 10.2. The normalized spacial score (nSPS) is 14.1. The Morgan fingerprint density at radius 2 is 2.06 bits per heavy atom. The minimum Gasteiger partial charge on any atom is -0.294 e. The number of fused-ring (bicyclic) bond motifs is 1. The second kappa shape index (κ2) is 3.82. The van der Waals surface area contributed by atoms with Gasteiger partial charge in [-0.25, -0.2) is 4.68 Å². The molecule has 1 aliphatic rings. The number of halogens is 1. The van der Waals surface area contributed by atoms with Gasteiger partial charge in [0.15, 0.2) is 0 Å². The summed E-state index contributed by atoms with van der Waals surface area (Å²) in [5, 5.41) is 3.17. The molecule has 5 heteroatoms. The van der Waals surface area contributed by atoms with E-state index in [9.17, 15) is 4.79 Å². The molecule has 0 bridgehead atoms. The number of aromatic nitrogens is 2. The molecule has 1 aromatic carbocycles. The first-order chi connectivity index (χ1) is 7.75. The Balaban J connectivity index is 2.14. The molecule has 0 amide bonds. The van der Waals surface area contributed by atoms with Gasteiger partial charge in [-0.1, -0.05) is 15.9 Å². The van der Waals surface area contributed by atoms with Crippen LogP contribution in [0.25, 0.3) is 5.69 Å². The van der Waals surface area contributed by atoms with Crippen molar-refractivity contribution in [3.8, 4) is 5.69 Å². The Labute approximate surface area is 105 Å². The first-order valence-electron chi connectivity index (χ1n) is 4.98. The van der Waals surface area contributed by atoms with Crippen LogP contribution in [0.4, 0.5) is 0 Å². The SMILES string of the molecule is O=c1c2c([nH]n1-c1ccc(Br)cc1)CCS2. The predicted molar refractivity (Wildman–Crippen MR) is 68.5 cm³/mol. The molecule has 3 nitrogen and oxygen atoms in total. The Kier molecular flexibility index (Phi) is 2.44. The highest BCUT2D eigenvalue weighted by molar-refractivity contribution is 9.10. The summed E-state index contributed by atoms with van der Waals surface area (Å²) in [6, 6.07) is 7.70. The number of benzene rings is 1. The number of nitrogens with one attached hydrogen (secondary N) is 1. The number of aromatic amines is 1. The van der Waals surface area contributed by atoms with Gasteiger partial charge >= 0.3 is 0 Å². The average Bonchev–Trinajstić information content (AvgIpc) is 2.84. The van der Waals surface area contributed by atoms with Crippen LogP contribution in [0.2, 0.25) is 0 Å². The van der Waals surface area contributed by atoms with Crippen LogP contribution in [0.3, 0.4) is 0 Å². The summed E-state index contributed by atoms with van der Waals surface area (Å²) in [6.07, 6.45) is 0.957. The van der Waals surface area contributed by atoms with Crippen molar-refractivity contribution in [2.75, 3.05) is 5.75 Å². The van der Waals surface area contributed by atoms with Crippen LogP contribution in [0, 0.1) is 0 Å². The van der Waals surface area contributed by atoms with Gasteiger partial charge in [-0.15, -0.1) is 11.8 Å². The molecular formula is C11H9BrN2OS. The van der Waals surface area contributed by atoms with Gasteiger partial charge < -0.3 is 0 Å². The van der Waals surface area contributed by atoms with E-state index in [4.69, 9.17) is 0 Å². The molecule has 16 heavy (non-hydrogen) atoms. The summed E-state index contributed by atoms with van der Waals surface area (Å²) in [4.78, 5) is 12.9. The van der Waals surface area contributed by atoms with Crippen LogP contribution >= 0.6 is 27.7 Å². The molecule has 1 N–H and O–H groups in total. The second-order valence-corrected chi connectivity index (χ2v) is 5.66. The third-order valence-corrected chi connectivity index (χ3v) is 4.25. The predicted octanol–water partition coefficient (Wildman–Crippen LogP) is 2.58. The topological polar surface area (TPSA) is 37.8 Å². The van der Waals surface area contributed by atoms with Gasteiger partial charge in [-0.2, -0.15) is 0 Å². The van der Waals surface area contributed by atoms with Crippen molar-refractivity contribution in [3.63, 3.8) is 0 Å². The zero-order valence-electron chi connectivity index (χ0n) is 8.37. The van der Waals surface area contributed by atoms with E-state index in [1.807, 2.05) is 24.3 Å². The summed E-state index contributed by atoms with van der Waals surface area (Å²) in [5.41, 5.74) is 2.01. The lowest BCUT2D eigenvalue weighted by Crippen LogP contribution is -2.15. The fourth-order valence-electron chi connectivity index (χ4n) is 1.81. The maximum Gasteiger partial charge on any atom is 0.285 e. The second-order valence-electron chi connectivity index (χ2n) is 3.63. The van der Waals surface area contributed by atoms with Crippen molar-refractivity contribution < 1.29 is 0 Å². The number of thioether (sulfide) groups is 1. The molecule has 82 valence electrons. The molecule has 1 aliphatic heterocycles. The van der Waals surface area contributed by atoms with Gasteiger partial charge in [-0.05, 0) is 30.7 Å². The summed E-state index contributed by atoms with van der Waals surface area (Å²) in [5.74, 6) is 1.01. The Bertz CT molecular complexity index is 585. The van der Waals surface area contributed by atoms with Crippen LogP contribution in [0.15, 0.2) is 38.4 Å². The Morgan fingerprint density at radius 3 is 2.75 bits per heavy atom. The molecule has 0 atom stereocenters. The van der Waals surface area contributed by atoms with Crippen LogP contribution in [0.1, 0.15) is 5.69 Å². The number of H-pyrrole nitrogens is 1. The smallest absolute Gasteiger partial charge is 0.285 e. The molecule has 0 aliphatic carbocycles. The summed E-state index contributed by atoms with van der Waals surface area (Å²) in [7, 11) is 0. The minimum atomic E-state index is 0.0693. The number of rotatable bonds is 1. The quantitative estimate of drug-likeness (QED) is 0.878. The van der Waals surface area contributed by atoms with Gasteiger partial charge in [0, 0.05) is 10.2 Å². The van der Waals surface area contributed by atoms with E-state index in [0.29, 0.717) is 0 Å². The van der Waals surface area contributed by atoms with E-state index < -0.39 is 0 Å². The fourth-order valence-corrected chi connectivity index (χ4v) is 3.12. The highest BCUT2D eigenvalue weighted by atomic mass is 79.9. The van der Waals surface area contributed by atoms with Crippen molar-refractivity contribution in [2.24, 2.45) is 0 Å². The number of hydrogen-bond acceptors (Lipinski definition) is 2. The molecule has 2 aromatic rings. The molecular weight excluding hydrogens is 288 g/mol. The lowest BCUT2D eigenvalue weighted by atomic mass is 10.3. The van der Waals surface area contributed by atoms with Crippen LogP contribution in [-0.2, 0) is 6.42 Å². The summed E-state index contributed by atoms with van der Waals surface area (Å²) < 4.78 is 2.63. The maximum atomic E-state index is 12.0. The zero-order chi connectivity index (χ0) is 11.1. The lowest BCUT2D eigenvalue weighted by Gasteiger charge is -2.01. The van der Waals surface area contributed by atoms with Crippen LogP contribution in [-0.4, -0.2) is 15.5 Å². The monoisotopic (exact) mass is 296 g/mol. The Morgan fingerprint density at radius 1 is 1.31 bits per heavy atom. The fraction of sp³-hybridized carbons (Fsp3) is 0.182. The molecule has 0 radical (unpaired) electrons. The van der Waals surface area contributed by atoms with Crippen LogP contribution < -0.4 is 5.56 Å².